The van der Waals surface area contributed by atoms with Gasteiger partial charge in [0.15, 0.2) is 0 Å². The Morgan fingerprint density at radius 1 is 1.67 bits per heavy atom. The van der Waals surface area contributed by atoms with Gasteiger partial charge in [-0.15, -0.1) is 0 Å². The summed E-state index contributed by atoms with van der Waals surface area (Å²) in [4.78, 5) is 19.0. The van der Waals surface area contributed by atoms with E-state index >= 15 is 0 Å². The number of hydroxylamine groups is 1. The molecule has 6 N–H and O–H groups in total. The first-order chi connectivity index (χ1) is 7.07. The summed E-state index contributed by atoms with van der Waals surface area (Å²) < 4.78 is 0. The molecule has 88 valence electrons. The van der Waals surface area contributed by atoms with Crippen molar-refractivity contribution in [2.45, 2.75) is 25.8 Å². The van der Waals surface area contributed by atoms with E-state index in [-0.39, 0.29) is 5.96 Å². The van der Waals surface area contributed by atoms with Crippen LogP contribution in [0, 0.1) is 0 Å². The van der Waals surface area contributed by atoms with Crippen LogP contribution < -0.4 is 16.9 Å². The van der Waals surface area contributed by atoms with Crippen LogP contribution in [-0.4, -0.2) is 36.2 Å². The second-order valence-electron chi connectivity index (χ2n) is 2.89. The Morgan fingerprint density at radius 2 is 2.33 bits per heavy atom. The first-order valence-corrected chi connectivity index (χ1v) is 4.74. The number of hydrogen-bond acceptors (Lipinski definition) is 4. The molecule has 0 aromatic rings. The van der Waals surface area contributed by atoms with Gasteiger partial charge in [0.25, 0.3) is 0 Å². The molecule has 0 amide bonds. The van der Waals surface area contributed by atoms with Gasteiger partial charge in [-0.05, 0) is 19.8 Å². The van der Waals surface area contributed by atoms with E-state index in [0.29, 0.717) is 26.0 Å². The van der Waals surface area contributed by atoms with Crippen molar-refractivity contribution in [3.05, 3.63) is 0 Å². The normalized spacial score (nSPS) is 13.6. The Morgan fingerprint density at radius 3 is 2.87 bits per heavy atom. The Kier molecular flexibility index (Phi) is 7.29. The fraction of sp³-hybridized carbons (Fsp3) is 0.750. The molecular weight excluding hydrogens is 200 g/mol. The molecule has 0 aliphatic heterocycles. The van der Waals surface area contributed by atoms with Crippen LogP contribution in [0.5, 0.6) is 0 Å². The van der Waals surface area contributed by atoms with Gasteiger partial charge >= 0.3 is 5.97 Å². The molecule has 0 aromatic heterocycles. The summed E-state index contributed by atoms with van der Waals surface area (Å²) in [7, 11) is 0. The van der Waals surface area contributed by atoms with Crippen LogP contribution in [0.2, 0.25) is 0 Å². The molecule has 0 radical (unpaired) electrons. The van der Waals surface area contributed by atoms with Crippen molar-refractivity contribution < 1.29 is 14.7 Å². The van der Waals surface area contributed by atoms with Crippen LogP contribution in [0.4, 0.5) is 0 Å². The van der Waals surface area contributed by atoms with Crippen LogP contribution in [0.15, 0.2) is 4.99 Å². The largest absolute Gasteiger partial charge is 0.480 e. The quantitative estimate of drug-likeness (QED) is 0.189. The molecule has 0 heterocycles. The molecule has 0 saturated carbocycles. The molecule has 0 aliphatic rings. The molecule has 7 nitrogen and oxygen atoms in total. The Labute approximate surface area is 88.4 Å². The van der Waals surface area contributed by atoms with Gasteiger partial charge < -0.3 is 16.6 Å². The van der Waals surface area contributed by atoms with Crippen LogP contribution in [0.3, 0.4) is 0 Å². The number of carboxylic acid groups (broad SMARTS) is 1. The van der Waals surface area contributed by atoms with E-state index in [9.17, 15) is 4.79 Å². The number of aliphatic carboxylic acids is 1. The maximum atomic E-state index is 10.4. The van der Waals surface area contributed by atoms with Crippen LogP contribution in [0.1, 0.15) is 19.8 Å². The highest BCUT2D eigenvalue weighted by Crippen LogP contribution is 1.94. The maximum Gasteiger partial charge on any atom is 0.320 e. The van der Waals surface area contributed by atoms with E-state index in [1.807, 2.05) is 6.92 Å². The molecule has 0 bridgehead atoms. The average Bonchev–Trinajstić information content (AvgIpc) is 2.20. The summed E-state index contributed by atoms with van der Waals surface area (Å²) in [5.74, 6) is -0.819. The highest BCUT2D eigenvalue weighted by Gasteiger charge is 2.09. The minimum atomic E-state index is -1.00. The minimum absolute atomic E-state index is 0.181. The predicted octanol–water partition coefficient (Wildman–Crippen LogP) is -0.966. The average molecular weight is 218 g/mol. The van der Waals surface area contributed by atoms with Crippen LogP contribution >= 0.6 is 0 Å². The first-order valence-electron chi connectivity index (χ1n) is 4.74. The third kappa shape index (κ3) is 7.71. The van der Waals surface area contributed by atoms with E-state index in [1.54, 1.807) is 0 Å². The van der Waals surface area contributed by atoms with E-state index in [2.05, 4.69) is 10.5 Å². The van der Waals surface area contributed by atoms with Gasteiger partial charge in [-0.25, -0.2) is 5.48 Å². The number of nitrogens with one attached hydrogen (secondary N) is 1. The first kappa shape index (κ1) is 13.7. The second-order valence-corrected chi connectivity index (χ2v) is 2.89. The second kappa shape index (κ2) is 8.01. The molecule has 1 atom stereocenters. The number of nitrogens with zero attached hydrogens (tertiary/aromatic N) is 1. The lowest BCUT2D eigenvalue weighted by Gasteiger charge is -2.05. The predicted molar refractivity (Wildman–Crippen MR) is 56.1 cm³/mol. The molecule has 0 rings (SSSR count). The zero-order chi connectivity index (χ0) is 11.7. The van der Waals surface area contributed by atoms with Crippen molar-refractivity contribution in [2.75, 3.05) is 13.2 Å². The van der Waals surface area contributed by atoms with E-state index in [4.69, 9.17) is 21.4 Å². The summed E-state index contributed by atoms with van der Waals surface area (Å²) >= 11 is 0. The van der Waals surface area contributed by atoms with Gasteiger partial charge in [0.05, 0.1) is 6.61 Å². The van der Waals surface area contributed by atoms with Gasteiger partial charge in [0, 0.05) is 6.54 Å². The summed E-state index contributed by atoms with van der Waals surface area (Å²) in [6, 6.07) is -0.832. The Hall–Kier alpha value is -1.34. The zero-order valence-corrected chi connectivity index (χ0v) is 8.77. The number of guanidine groups is 1. The number of aliphatic imine (C=N–C) groups is 1. The summed E-state index contributed by atoms with van der Waals surface area (Å²) in [6.07, 6.45) is 0.947. The summed E-state index contributed by atoms with van der Waals surface area (Å²) in [5.41, 5.74) is 13.1. The van der Waals surface area contributed by atoms with Crippen molar-refractivity contribution in [1.29, 1.82) is 0 Å². The maximum absolute atomic E-state index is 10.4. The van der Waals surface area contributed by atoms with Crippen molar-refractivity contribution in [3.63, 3.8) is 0 Å². The van der Waals surface area contributed by atoms with Crippen LogP contribution in [-0.2, 0) is 9.63 Å². The Balaban J connectivity index is 3.55. The number of carboxylic acids is 1. The summed E-state index contributed by atoms with van der Waals surface area (Å²) in [5, 5.41) is 8.49. The lowest BCUT2D eigenvalue weighted by molar-refractivity contribution is -0.138. The SMILES string of the molecule is CCONC(N)=NCCC[C@H](N)C(=O)O. The third-order valence-electron chi connectivity index (χ3n) is 1.59. The monoisotopic (exact) mass is 218 g/mol. The van der Waals surface area contributed by atoms with Gasteiger partial charge in [0.2, 0.25) is 5.96 Å². The Bertz CT molecular complexity index is 220. The highest BCUT2D eigenvalue weighted by molar-refractivity contribution is 5.76. The summed E-state index contributed by atoms with van der Waals surface area (Å²) in [6.45, 7) is 2.72. The van der Waals surface area contributed by atoms with Gasteiger partial charge in [0.1, 0.15) is 6.04 Å². The number of rotatable bonds is 7. The third-order valence-corrected chi connectivity index (χ3v) is 1.59. The smallest absolute Gasteiger partial charge is 0.320 e. The molecule has 0 unspecified atom stereocenters. The molecular formula is C8H18N4O3. The topological polar surface area (TPSA) is 123 Å². The molecule has 15 heavy (non-hydrogen) atoms. The minimum Gasteiger partial charge on any atom is -0.480 e. The molecule has 0 saturated heterocycles. The zero-order valence-electron chi connectivity index (χ0n) is 8.77. The van der Waals surface area contributed by atoms with E-state index < -0.39 is 12.0 Å². The molecule has 0 aliphatic carbocycles. The lowest BCUT2D eigenvalue weighted by Crippen LogP contribution is -2.32. The number of carbonyl (C=O) groups is 1. The van der Waals surface area contributed by atoms with Gasteiger partial charge in [-0.3, -0.25) is 14.6 Å². The van der Waals surface area contributed by atoms with Crippen molar-refractivity contribution in [3.8, 4) is 0 Å². The molecule has 0 spiro atoms. The highest BCUT2D eigenvalue weighted by atomic mass is 16.6. The molecule has 0 fully saturated rings. The van der Waals surface area contributed by atoms with E-state index in [0.717, 1.165) is 0 Å². The van der Waals surface area contributed by atoms with Crippen LogP contribution in [0.25, 0.3) is 0 Å². The fourth-order valence-electron chi connectivity index (χ4n) is 0.813. The lowest BCUT2D eigenvalue weighted by atomic mass is 10.2. The van der Waals surface area contributed by atoms with Crippen molar-refractivity contribution in [2.24, 2.45) is 16.5 Å². The fourth-order valence-corrected chi connectivity index (χ4v) is 0.813. The number of hydrogen-bond donors (Lipinski definition) is 4. The van der Waals surface area contributed by atoms with Gasteiger partial charge in [-0.1, -0.05) is 0 Å². The molecule has 7 heteroatoms. The van der Waals surface area contributed by atoms with Gasteiger partial charge in [-0.2, -0.15) is 0 Å². The van der Waals surface area contributed by atoms with Crippen molar-refractivity contribution in [1.82, 2.24) is 5.48 Å². The van der Waals surface area contributed by atoms with E-state index in [1.165, 1.54) is 0 Å². The standard InChI is InChI=1S/C8H18N4O3/c1-2-15-12-8(10)11-5-3-4-6(9)7(13)14/h6H,2-5,9H2,1H3,(H,13,14)(H3,10,11,12)/t6-/m0/s1. The number of nitrogens with two attached hydrogens (primary N) is 2. The molecule has 0 aromatic carbocycles. The van der Waals surface area contributed by atoms with Crippen molar-refractivity contribution >= 4 is 11.9 Å².